The van der Waals surface area contributed by atoms with Crippen LogP contribution in [0, 0.1) is 6.92 Å². The Morgan fingerprint density at radius 1 is 0.789 bits per heavy atom. The first-order valence-corrected chi connectivity index (χ1v) is 5.90. The minimum absolute atomic E-state index is 0.331. The molecule has 2 N–H and O–H groups in total. The Hall–Kier alpha value is -2.62. The van der Waals surface area contributed by atoms with E-state index in [0.717, 1.165) is 5.56 Å². The molecule has 0 radical (unpaired) electrons. The van der Waals surface area contributed by atoms with Crippen LogP contribution in [0.3, 0.4) is 0 Å². The Morgan fingerprint density at radius 2 is 1.37 bits per heavy atom. The maximum absolute atomic E-state index is 11.9. The number of benzene rings is 2. The molecule has 2 rings (SSSR count). The summed E-state index contributed by atoms with van der Waals surface area (Å²) in [6.45, 7) is 1.84. The second-order valence-electron chi connectivity index (χ2n) is 4.09. The lowest BCUT2D eigenvalue weighted by Gasteiger charge is -2.08. The summed E-state index contributed by atoms with van der Waals surface area (Å²) in [6, 6.07) is 15.9. The molecule has 19 heavy (non-hydrogen) atoms. The van der Waals surface area contributed by atoms with Gasteiger partial charge in [0.05, 0.1) is 0 Å². The number of amides is 2. The molecular formula is C15H14N2O2. The van der Waals surface area contributed by atoms with E-state index < -0.39 is 0 Å². The number of hydrogen-bond donors (Lipinski definition) is 2. The van der Waals surface area contributed by atoms with Crippen molar-refractivity contribution in [1.82, 2.24) is 10.9 Å². The van der Waals surface area contributed by atoms with Gasteiger partial charge in [0.1, 0.15) is 0 Å². The van der Waals surface area contributed by atoms with Gasteiger partial charge in [0.25, 0.3) is 11.8 Å². The molecule has 0 aliphatic carbocycles. The van der Waals surface area contributed by atoms with E-state index in [1.165, 1.54) is 0 Å². The summed E-state index contributed by atoms with van der Waals surface area (Å²) < 4.78 is 0. The predicted molar refractivity (Wildman–Crippen MR) is 72.6 cm³/mol. The van der Waals surface area contributed by atoms with Gasteiger partial charge >= 0.3 is 0 Å². The fourth-order valence-corrected chi connectivity index (χ4v) is 1.67. The Morgan fingerprint density at radius 3 is 2.05 bits per heavy atom. The van der Waals surface area contributed by atoms with Crippen molar-refractivity contribution in [2.75, 3.05) is 0 Å². The highest BCUT2D eigenvalue weighted by Gasteiger charge is 2.09. The summed E-state index contributed by atoms with van der Waals surface area (Å²) in [4.78, 5) is 23.6. The highest BCUT2D eigenvalue weighted by molar-refractivity contribution is 5.99. The zero-order valence-corrected chi connectivity index (χ0v) is 10.5. The summed E-state index contributed by atoms with van der Waals surface area (Å²) in [6.07, 6.45) is 0. The molecule has 0 unspecified atom stereocenters. The lowest BCUT2D eigenvalue weighted by Crippen LogP contribution is -2.41. The van der Waals surface area contributed by atoms with E-state index in [4.69, 9.17) is 0 Å². The Kier molecular flexibility index (Phi) is 3.93. The largest absolute Gasteiger partial charge is 0.269 e. The molecule has 0 bridgehead atoms. The molecule has 0 spiro atoms. The highest BCUT2D eigenvalue weighted by Crippen LogP contribution is 2.06. The number of hydrogen-bond acceptors (Lipinski definition) is 2. The van der Waals surface area contributed by atoms with Gasteiger partial charge in [-0.05, 0) is 30.7 Å². The van der Waals surface area contributed by atoms with E-state index in [2.05, 4.69) is 10.9 Å². The summed E-state index contributed by atoms with van der Waals surface area (Å²) in [5.74, 6) is -0.676. The van der Waals surface area contributed by atoms with Crippen molar-refractivity contribution in [3.63, 3.8) is 0 Å². The zero-order chi connectivity index (χ0) is 13.7. The lowest BCUT2D eigenvalue weighted by molar-refractivity contribution is 0.0846. The molecule has 0 aromatic heterocycles. The fraction of sp³-hybridized carbons (Fsp3) is 0.0667. The number of carbonyl (C=O) groups excluding carboxylic acids is 2. The van der Waals surface area contributed by atoms with Gasteiger partial charge in [-0.2, -0.15) is 0 Å². The van der Waals surface area contributed by atoms with E-state index in [1.807, 2.05) is 25.1 Å². The number of aryl methyl sites for hydroxylation is 1. The SMILES string of the molecule is Cc1ccccc1C(=O)NNC(=O)c1ccccc1. The van der Waals surface area contributed by atoms with E-state index in [0.29, 0.717) is 11.1 Å². The van der Waals surface area contributed by atoms with E-state index in [-0.39, 0.29) is 11.8 Å². The van der Waals surface area contributed by atoms with Crippen LogP contribution in [0.15, 0.2) is 54.6 Å². The van der Waals surface area contributed by atoms with Crippen molar-refractivity contribution in [1.29, 1.82) is 0 Å². The standard InChI is InChI=1S/C15H14N2O2/c1-11-7-5-6-10-13(11)15(19)17-16-14(18)12-8-3-2-4-9-12/h2-10H,1H3,(H,16,18)(H,17,19). The van der Waals surface area contributed by atoms with Crippen molar-refractivity contribution < 1.29 is 9.59 Å². The Bertz CT molecular complexity index is 594. The predicted octanol–water partition coefficient (Wildman–Crippen LogP) is 2.07. The molecule has 2 amide bonds. The second kappa shape index (κ2) is 5.82. The third-order valence-corrected chi connectivity index (χ3v) is 2.72. The van der Waals surface area contributed by atoms with Gasteiger partial charge in [-0.15, -0.1) is 0 Å². The Labute approximate surface area is 111 Å². The smallest absolute Gasteiger partial charge is 0.267 e. The van der Waals surface area contributed by atoms with Gasteiger partial charge in [-0.3, -0.25) is 20.4 Å². The van der Waals surface area contributed by atoms with Crippen LogP contribution in [-0.4, -0.2) is 11.8 Å². The van der Waals surface area contributed by atoms with Crippen LogP contribution in [0.5, 0.6) is 0 Å². The average Bonchev–Trinajstić information content (AvgIpc) is 2.46. The number of hydrazine groups is 1. The van der Waals surface area contributed by atoms with Crippen molar-refractivity contribution in [3.8, 4) is 0 Å². The maximum atomic E-state index is 11.9. The van der Waals surface area contributed by atoms with Gasteiger partial charge in [-0.25, -0.2) is 0 Å². The highest BCUT2D eigenvalue weighted by atomic mass is 16.2. The van der Waals surface area contributed by atoms with E-state index in [1.54, 1.807) is 36.4 Å². The number of nitrogens with one attached hydrogen (secondary N) is 2. The van der Waals surface area contributed by atoms with Crippen LogP contribution in [0.2, 0.25) is 0 Å². The van der Waals surface area contributed by atoms with Gasteiger partial charge in [0.2, 0.25) is 0 Å². The van der Waals surface area contributed by atoms with Crippen LogP contribution in [0.1, 0.15) is 26.3 Å². The molecule has 0 heterocycles. The van der Waals surface area contributed by atoms with Crippen LogP contribution >= 0.6 is 0 Å². The van der Waals surface area contributed by atoms with Crippen molar-refractivity contribution in [3.05, 3.63) is 71.3 Å². The molecule has 0 saturated heterocycles. The Balaban J connectivity index is 1.98. The first-order valence-electron chi connectivity index (χ1n) is 5.90. The molecular weight excluding hydrogens is 240 g/mol. The third kappa shape index (κ3) is 3.19. The summed E-state index contributed by atoms with van der Waals surface area (Å²) in [5, 5.41) is 0. The maximum Gasteiger partial charge on any atom is 0.269 e. The summed E-state index contributed by atoms with van der Waals surface area (Å²) >= 11 is 0. The quantitative estimate of drug-likeness (QED) is 0.806. The van der Waals surface area contributed by atoms with Crippen molar-refractivity contribution in [2.45, 2.75) is 6.92 Å². The molecule has 0 aliphatic rings. The molecule has 96 valence electrons. The molecule has 4 nitrogen and oxygen atoms in total. The summed E-state index contributed by atoms with van der Waals surface area (Å²) in [5.41, 5.74) is 6.67. The molecule has 0 saturated carbocycles. The normalized spacial score (nSPS) is 9.74. The van der Waals surface area contributed by atoms with Crippen molar-refractivity contribution in [2.24, 2.45) is 0 Å². The van der Waals surface area contributed by atoms with Crippen molar-refractivity contribution >= 4 is 11.8 Å². The second-order valence-corrected chi connectivity index (χ2v) is 4.09. The minimum Gasteiger partial charge on any atom is -0.267 e. The van der Waals surface area contributed by atoms with Gasteiger partial charge < -0.3 is 0 Å². The lowest BCUT2D eigenvalue weighted by atomic mass is 10.1. The first kappa shape index (κ1) is 12.8. The van der Waals surface area contributed by atoms with Crippen LogP contribution in [0.4, 0.5) is 0 Å². The van der Waals surface area contributed by atoms with Gasteiger partial charge in [0, 0.05) is 11.1 Å². The van der Waals surface area contributed by atoms with Crippen LogP contribution in [-0.2, 0) is 0 Å². The topological polar surface area (TPSA) is 58.2 Å². The fourth-order valence-electron chi connectivity index (χ4n) is 1.67. The van der Waals surface area contributed by atoms with E-state index >= 15 is 0 Å². The molecule has 0 aliphatic heterocycles. The molecule has 4 heteroatoms. The molecule has 2 aromatic rings. The van der Waals surface area contributed by atoms with E-state index in [9.17, 15) is 9.59 Å². The molecule has 2 aromatic carbocycles. The van der Waals surface area contributed by atoms with Crippen LogP contribution in [0.25, 0.3) is 0 Å². The minimum atomic E-state index is -0.345. The monoisotopic (exact) mass is 254 g/mol. The van der Waals surface area contributed by atoms with Crippen LogP contribution < -0.4 is 10.9 Å². The molecule has 0 fully saturated rings. The van der Waals surface area contributed by atoms with Gasteiger partial charge in [-0.1, -0.05) is 36.4 Å². The number of carbonyl (C=O) groups is 2. The summed E-state index contributed by atoms with van der Waals surface area (Å²) in [7, 11) is 0. The number of rotatable bonds is 2. The first-order chi connectivity index (χ1) is 9.18. The molecule has 0 atom stereocenters. The third-order valence-electron chi connectivity index (χ3n) is 2.72. The van der Waals surface area contributed by atoms with Gasteiger partial charge in [0.15, 0.2) is 0 Å². The average molecular weight is 254 g/mol. The zero-order valence-electron chi connectivity index (χ0n) is 10.5.